The number of ether oxygens (including phenoxy) is 1. The van der Waals surface area contributed by atoms with E-state index in [2.05, 4.69) is 32.7 Å². The lowest BCUT2D eigenvalue weighted by Gasteiger charge is -2.32. The number of carbonyl (C=O) groups excluding carboxylic acids is 1. The van der Waals surface area contributed by atoms with Crippen LogP contribution in [-0.2, 0) is 0 Å². The lowest BCUT2D eigenvalue weighted by molar-refractivity contribution is 0.262. The summed E-state index contributed by atoms with van der Waals surface area (Å²) in [6.45, 7) is 5.63. The molecule has 8 heteroatoms. The third kappa shape index (κ3) is 4.39. The van der Waals surface area contributed by atoms with E-state index in [0.29, 0.717) is 29.2 Å². The van der Waals surface area contributed by atoms with Crippen molar-refractivity contribution in [2.45, 2.75) is 39.2 Å². The summed E-state index contributed by atoms with van der Waals surface area (Å²) in [7, 11) is 0. The van der Waals surface area contributed by atoms with Crippen LogP contribution in [0, 0.1) is 0 Å². The SMILES string of the molecule is CCOc1ccccc1NC(=O)Nc1nnc(N2CCCC[C@H]2C)s1. The van der Waals surface area contributed by atoms with Crippen molar-refractivity contribution in [3.63, 3.8) is 0 Å². The predicted octanol–water partition coefficient (Wildman–Crippen LogP) is 3.96. The minimum absolute atomic E-state index is 0.360. The van der Waals surface area contributed by atoms with Gasteiger partial charge in [0.25, 0.3) is 0 Å². The van der Waals surface area contributed by atoms with E-state index in [1.807, 2.05) is 25.1 Å². The van der Waals surface area contributed by atoms with Crippen LogP contribution >= 0.6 is 11.3 Å². The molecule has 1 fully saturated rings. The quantitative estimate of drug-likeness (QED) is 0.843. The molecule has 0 bridgehead atoms. The van der Waals surface area contributed by atoms with Crippen molar-refractivity contribution in [1.82, 2.24) is 10.2 Å². The Balaban J connectivity index is 1.62. The van der Waals surface area contributed by atoms with Gasteiger partial charge in [-0.05, 0) is 45.2 Å². The fourth-order valence-corrected chi connectivity index (χ4v) is 3.73. The molecule has 1 aliphatic heterocycles. The zero-order chi connectivity index (χ0) is 17.6. The van der Waals surface area contributed by atoms with Gasteiger partial charge in [-0.15, -0.1) is 10.2 Å². The van der Waals surface area contributed by atoms with Crippen LogP contribution in [0.3, 0.4) is 0 Å². The van der Waals surface area contributed by atoms with Gasteiger partial charge in [-0.3, -0.25) is 5.32 Å². The molecule has 7 nitrogen and oxygen atoms in total. The van der Waals surface area contributed by atoms with E-state index in [-0.39, 0.29) is 6.03 Å². The van der Waals surface area contributed by atoms with E-state index in [9.17, 15) is 4.79 Å². The van der Waals surface area contributed by atoms with E-state index in [1.165, 1.54) is 24.2 Å². The van der Waals surface area contributed by atoms with Crippen molar-refractivity contribution in [1.29, 1.82) is 0 Å². The fraction of sp³-hybridized carbons (Fsp3) is 0.471. The molecule has 1 atom stereocenters. The number of aromatic nitrogens is 2. The number of hydrogen-bond donors (Lipinski definition) is 2. The molecule has 1 saturated heterocycles. The van der Waals surface area contributed by atoms with Crippen molar-refractivity contribution < 1.29 is 9.53 Å². The highest BCUT2D eigenvalue weighted by Crippen LogP contribution is 2.30. The largest absolute Gasteiger partial charge is 0.492 e. The molecule has 1 aromatic heterocycles. The Morgan fingerprint density at radius 2 is 2.16 bits per heavy atom. The van der Waals surface area contributed by atoms with Crippen LogP contribution in [0.5, 0.6) is 5.75 Å². The number of urea groups is 1. The third-order valence-electron chi connectivity index (χ3n) is 4.12. The maximum Gasteiger partial charge on any atom is 0.325 e. The van der Waals surface area contributed by atoms with Gasteiger partial charge < -0.3 is 15.0 Å². The standard InChI is InChI=1S/C17H23N5O2S/c1-3-24-14-10-5-4-9-13(14)18-15(23)19-16-20-21-17(25-16)22-11-7-6-8-12(22)2/h4-5,9-10,12H,3,6-8,11H2,1-2H3,(H2,18,19,20,23)/t12-/m1/s1. The first-order valence-electron chi connectivity index (χ1n) is 8.57. The molecule has 0 unspecified atom stereocenters. The molecule has 2 N–H and O–H groups in total. The second kappa shape index (κ2) is 8.15. The number of hydrogen-bond acceptors (Lipinski definition) is 6. The maximum atomic E-state index is 12.2. The lowest BCUT2D eigenvalue weighted by atomic mass is 10.1. The number of nitrogens with zero attached hydrogens (tertiary/aromatic N) is 3. The number of para-hydroxylation sites is 2. The van der Waals surface area contributed by atoms with Crippen LogP contribution in [0.15, 0.2) is 24.3 Å². The number of nitrogens with one attached hydrogen (secondary N) is 2. The van der Waals surface area contributed by atoms with Gasteiger partial charge in [-0.25, -0.2) is 4.79 Å². The molecule has 2 amide bonds. The molecule has 0 aliphatic carbocycles. The highest BCUT2D eigenvalue weighted by molar-refractivity contribution is 7.19. The fourth-order valence-electron chi connectivity index (χ4n) is 2.87. The van der Waals surface area contributed by atoms with Crippen LogP contribution in [0.2, 0.25) is 0 Å². The zero-order valence-electron chi connectivity index (χ0n) is 14.5. The molecule has 0 spiro atoms. The molecule has 0 saturated carbocycles. The number of amides is 2. The van der Waals surface area contributed by atoms with Crippen molar-refractivity contribution in [3.8, 4) is 5.75 Å². The summed E-state index contributed by atoms with van der Waals surface area (Å²) in [4.78, 5) is 14.5. The molecule has 0 radical (unpaired) electrons. The number of piperidine rings is 1. The van der Waals surface area contributed by atoms with Crippen LogP contribution in [0.25, 0.3) is 0 Å². The Bertz CT molecular complexity index is 721. The average molecular weight is 361 g/mol. The highest BCUT2D eigenvalue weighted by Gasteiger charge is 2.22. The zero-order valence-corrected chi connectivity index (χ0v) is 15.3. The Morgan fingerprint density at radius 3 is 2.96 bits per heavy atom. The van der Waals surface area contributed by atoms with E-state index in [0.717, 1.165) is 18.1 Å². The normalized spacial score (nSPS) is 17.2. The van der Waals surface area contributed by atoms with Gasteiger partial charge in [-0.2, -0.15) is 0 Å². The van der Waals surface area contributed by atoms with Crippen molar-refractivity contribution in [2.75, 3.05) is 28.7 Å². The third-order valence-corrected chi connectivity index (χ3v) is 4.99. The maximum absolute atomic E-state index is 12.2. The summed E-state index contributed by atoms with van der Waals surface area (Å²) in [5.41, 5.74) is 0.622. The molecule has 134 valence electrons. The van der Waals surface area contributed by atoms with Gasteiger partial charge in [0.2, 0.25) is 10.3 Å². The van der Waals surface area contributed by atoms with Crippen molar-refractivity contribution >= 4 is 33.3 Å². The van der Waals surface area contributed by atoms with Gasteiger partial charge in [0.1, 0.15) is 5.75 Å². The molecular formula is C17H23N5O2S. The Hall–Kier alpha value is -2.35. The monoisotopic (exact) mass is 361 g/mol. The summed E-state index contributed by atoms with van der Waals surface area (Å²) in [5, 5.41) is 15.2. The van der Waals surface area contributed by atoms with Gasteiger partial charge in [-0.1, -0.05) is 23.5 Å². The summed E-state index contributed by atoms with van der Waals surface area (Å²) >= 11 is 1.40. The molecule has 3 rings (SSSR count). The molecule has 2 aromatic rings. The van der Waals surface area contributed by atoms with E-state index in [1.54, 1.807) is 6.07 Å². The molecule has 25 heavy (non-hydrogen) atoms. The topological polar surface area (TPSA) is 79.4 Å². The van der Waals surface area contributed by atoms with Crippen LogP contribution < -0.4 is 20.3 Å². The first-order valence-corrected chi connectivity index (χ1v) is 9.39. The summed E-state index contributed by atoms with van der Waals surface area (Å²) in [6, 6.07) is 7.43. The average Bonchev–Trinajstić information content (AvgIpc) is 3.05. The first-order chi connectivity index (χ1) is 12.2. The minimum atomic E-state index is -0.360. The van der Waals surface area contributed by atoms with E-state index < -0.39 is 0 Å². The smallest absolute Gasteiger partial charge is 0.325 e. The van der Waals surface area contributed by atoms with Gasteiger partial charge in [0.15, 0.2) is 0 Å². The molecule has 1 aliphatic rings. The molecule has 2 heterocycles. The van der Waals surface area contributed by atoms with Crippen molar-refractivity contribution in [3.05, 3.63) is 24.3 Å². The summed E-state index contributed by atoms with van der Waals surface area (Å²) in [6.07, 6.45) is 3.58. The van der Waals surface area contributed by atoms with Gasteiger partial charge >= 0.3 is 6.03 Å². The van der Waals surface area contributed by atoms with Gasteiger partial charge in [0, 0.05) is 12.6 Å². The van der Waals surface area contributed by atoms with Crippen LogP contribution in [0.1, 0.15) is 33.1 Å². The first kappa shape index (κ1) is 17.5. The Labute approximate surface area is 151 Å². The second-order valence-electron chi connectivity index (χ2n) is 5.94. The minimum Gasteiger partial charge on any atom is -0.492 e. The lowest BCUT2D eigenvalue weighted by Crippen LogP contribution is -2.37. The van der Waals surface area contributed by atoms with Crippen LogP contribution in [-0.4, -0.2) is 35.4 Å². The number of rotatable bonds is 5. The highest BCUT2D eigenvalue weighted by atomic mass is 32.1. The predicted molar refractivity (Wildman–Crippen MR) is 101 cm³/mol. The van der Waals surface area contributed by atoms with Gasteiger partial charge in [0.05, 0.1) is 12.3 Å². The number of benzene rings is 1. The summed E-state index contributed by atoms with van der Waals surface area (Å²) in [5.74, 6) is 0.639. The number of anilines is 3. The number of carbonyl (C=O) groups is 1. The van der Waals surface area contributed by atoms with Crippen LogP contribution in [0.4, 0.5) is 20.7 Å². The molecular weight excluding hydrogens is 338 g/mol. The van der Waals surface area contributed by atoms with E-state index >= 15 is 0 Å². The second-order valence-corrected chi connectivity index (χ2v) is 6.89. The molecule has 1 aromatic carbocycles. The Morgan fingerprint density at radius 1 is 1.32 bits per heavy atom. The Kier molecular flexibility index (Phi) is 5.70. The van der Waals surface area contributed by atoms with Crippen molar-refractivity contribution in [2.24, 2.45) is 0 Å². The van der Waals surface area contributed by atoms with E-state index in [4.69, 9.17) is 4.74 Å². The summed E-state index contributed by atoms with van der Waals surface area (Å²) < 4.78 is 5.51.